The Bertz CT molecular complexity index is 1290. The van der Waals surface area contributed by atoms with Crippen molar-refractivity contribution in [1.29, 1.82) is 0 Å². The van der Waals surface area contributed by atoms with Gasteiger partial charge >= 0.3 is 0 Å². The summed E-state index contributed by atoms with van der Waals surface area (Å²) in [7, 11) is -3.74. The van der Waals surface area contributed by atoms with Crippen molar-refractivity contribution in [2.24, 2.45) is 0 Å². The molecule has 32 heavy (non-hydrogen) atoms. The fourth-order valence-corrected chi connectivity index (χ4v) is 11.4. The highest BCUT2D eigenvalue weighted by Gasteiger charge is 2.36. The first-order valence-corrected chi connectivity index (χ1v) is 14.9. The molecule has 6 rings (SSSR count). The quantitative estimate of drug-likeness (QED) is 0.282. The smallest absolute Gasteiger partial charge is 0.239 e. The van der Waals surface area contributed by atoms with Crippen LogP contribution >= 0.6 is 47.0 Å². The molecule has 0 fully saturated rings. The topological polar surface area (TPSA) is 39.1 Å². The van der Waals surface area contributed by atoms with E-state index in [1.54, 1.807) is 75.3 Å². The molecule has 2 aliphatic heterocycles. The molecule has 160 valence electrons. The Hall–Kier alpha value is -1.71. The van der Waals surface area contributed by atoms with Crippen molar-refractivity contribution in [2.75, 3.05) is 0 Å². The first kappa shape index (κ1) is 20.9. The number of nitrogens with zero attached hydrogens (tertiary/aromatic N) is 1. The fourth-order valence-electron chi connectivity index (χ4n) is 3.82. The summed E-state index contributed by atoms with van der Waals surface area (Å²) in [6.07, 6.45) is 0. The predicted octanol–water partition coefficient (Wildman–Crippen LogP) is 7.52. The number of hydrogen-bond acceptors (Lipinski definition) is 6. The third-order valence-electron chi connectivity index (χ3n) is 5.29. The minimum atomic E-state index is -3.74. The molecule has 0 spiro atoms. The lowest BCUT2D eigenvalue weighted by Gasteiger charge is -2.19. The van der Waals surface area contributed by atoms with E-state index < -0.39 is 10.0 Å². The van der Waals surface area contributed by atoms with E-state index in [0.717, 1.165) is 11.4 Å². The summed E-state index contributed by atoms with van der Waals surface area (Å²) in [5.41, 5.74) is 1.62. The summed E-state index contributed by atoms with van der Waals surface area (Å²) >= 11 is 6.89. The van der Waals surface area contributed by atoms with E-state index in [-0.39, 0.29) is 9.16 Å². The van der Waals surface area contributed by atoms with E-state index in [1.165, 1.54) is 19.6 Å². The molecule has 0 saturated carbocycles. The predicted molar refractivity (Wildman–Crippen MR) is 135 cm³/mol. The van der Waals surface area contributed by atoms with E-state index in [9.17, 15) is 8.42 Å². The Kier molecular flexibility index (Phi) is 5.38. The second kappa shape index (κ2) is 8.25. The van der Waals surface area contributed by atoms with Gasteiger partial charge in [0.05, 0.1) is 16.3 Å². The number of aromatic nitrogens is 1. The normalized spacial score (nSPS) is 16.2. The Morgan fingerprint density at radius 2 is 0.906 bits per heavy atom. The van der Waals surface area contributed by atoms with Gasteiger partial charge in [-0.25, -0.2) is 12.4 Å². The van der Waals surface area contributed by atoms with Crippen molar-refractivity contribution in [3.8, 4) is 0 Å². The molecule has 1 aromatic heterocycles. The van der Waals surface area contributed by atoms with Crippen LogP contribution in [0.4, 0.5) is 0 Å². The van der Waals surface area contributed by atoms with Crippen LogP contribution in [0.3, 0.4) is 0 Å². The largest absolute Gasteiger partial charge is 0.268 e. The molecule has 0 bridgehead atoms. The standard InChI is InChI=1S/C24H17NO2S5/c26-32(27,16-8-2-1-3-9-16)25-17(23-28-19-10-4-5-11-20(19)29-23)14-15-18(25)24-30-21-12-6-7-13-22(21)31-24/h1-15,23-24H. The highest BCUT2D eigenvalue weighted by atomic mass is 32.2. The number of fused-ring (bicyclic) bond motifs is 2. The first-order chi connectivity index (χ1) is 15.6. The summed E-state index contributed by atoms with van der Waals surface area (Å²) in [6.45, 7) is 0. The van der Waals surface area contributed by atoms with Gasteiger partial charge < -0.3 is 0 Å². The molecule has 3 aromatic carbocycles. The van der Waals surface area contributed by atoms with Crippen LogP contribution in [-0.4, -0.2) is 12.4 Å². The van der Waals surface area contributed by atoms with Gasteiger partial charge in [0, 0.05) is 19.6 Å². The number of hydrogen-bond donors (Lipinski definition) is 0. The Balaban J connectivity index is 1.47. The summed E-state index contributed by atoms with van der Waals surface area (Å²) in [4.78, 5) is 5.11. The van der Waals surface area contributed by atoms with Crippen LogP contribution < -0.4 is 0 Å². The Morgan fingerprint density at radius 1 is 0.531 bits per heavy atom. The lowest BCUT2D eigenvalue weighted by molar-refractivity contribution is 0.584. The van der Waals surface area contributed by atoms with Crippen molar-refractivity contribution in [2.45, 2.75) is 33.6 Å². The molecule has 3 heterocycles. The lowest BCUT2D eigenvalue weighted by atomic mass is 10.4. The van der Waals surface area contributed by atoms with Gasteiger partial charge in [0.1, 0.15) is 9.16 Å². The van der Waals surface area contributed by atoms with Crippen molar-refractivity contribution >= 4 is 57.1 Å². The van der Waals surface area contributed by atoms with Gasteiger partial charge in [-0.15, -0.1) is 47.0 Å². The molecule has 0 aliphatic carbocycles. The third-order valence-corrected chi connectivity index (χ3v) is 12.7. The number of thioether (sulfide) groups is 4. The van der Waals surface area contributed by atoms with Gasteiger partial charge in [0.25, 0.3) is 10.0 Å². The number of rotatable bonds is 4. The Morgan fingerprint density at radius 3 is 1.31 bits per heavy atom. The zero-order valence-electron chi connectivity index (χ0n) is 16.6. The van der Waals surface area contributed by atoms with Gasteiger partial charge in [-0.2, -0.15) is 0 Å². The number of benzene rings is 3. The van der Waals surface area contributed by atoms with Crippen LogP contribution in [0.5, 0.6) is 0 Å². The summed E-state index contributed by atoms with van der Waals surface area (Å²) in [5, 5.41) is 0. The maximum absolute atomic E-state index is 13.9. The first-order valence-electron chi connectivity index (χ1n) is 9.98. The molecular formula is C24H17NO2S5. The minimum Gasteiger partial charge on any atom is -0.239 e. The monoisotopic (exact) mass is 511 g/mol. The zero-order chi connectivity index (χ0) is 21.7. The molecule has 4 aromatic rings. The zero-order valence-corrected chi connectivity index (χ0v) is 20.7. The van der Waals surface area contributed by atoms with E-state index in [1.807, 2.05) is 42.5 Å². The van der Waals surface area contributed by atoms with Crippen LogP contribution in [0, 0.1) is 0 Å². The van der Waals surface area contributed by atoms with Crippen molar-refractivity contribution < 1.29 is 8.42 Å². The molecule has 0 saturated heterocycles. The summed E-state index contributed by atoms with van der Waals surface area (Å²) < 4.78 is 29.4. The van der Waals surface area contributed by atoms with Gasteiger partial charge in [-0.05, 0) is 48.5 Å². The average Bonchev–Trinajstić information content (AvgIpc) is 3.55. The SMILES string of the molecule is O=S(=O)(c1ccccc1)n1c(C2Sc3ccccc3S2)ccc1C1Sc2ccccc2S1. The maximum Gasteiger partial charge on any atom is 0.268 e. The molecule has 0 unspecified atom stereocenters. The van der Waals surface area contributed by atoms with Crippen LogP contribution in [0.25, 0.3) is 0 Å². The molecular weight excluding hydrogens is 495 g/mol. The van der Waals surface area contributed by atoms with Gasteiger partial charge in [0.2, 0.25) is 0 Å². The average molecular weight is 512 g/mol. The maximum atomic E-state index is 13.9. The van der Waals surface area contributed by atoms with Crippen molar-refractivity contribution in [3.63, 3.8) is 0 Å². The molecule has 0 amide bonds. The highest BCUT2D eigenvalue weighted by Crippen LogP contribution is 2.60. The van der Waals surface area contributed by atoms with E-state index in [0.29, 0.717) is 4.90 Å². The summed E-state index contributed by atoms with van der Waals surface area (Å²) in [6, 6.07) is 29.3. The van der Waals surface area contributed by atoms with Crippen LogP contribution in [0.15, 0.2) is 115 Å². The van der Waals surface area contributed by atoms with E-state index in [2.05, 4.69) is 24.3 Å². The summed E-state index contributed by atoms with van der Waals surface area (Å²) in [5.74, 6) is 0. The fraction of sp³-hybridized carbons (Fsp3) is 0.0833. The molecule has 8 heteroatoms. The highest BCUT2D eigenvalue weighted by molar-refractivity contribution is 8.19. The Labute approximate surface area is 204 Å². The molecule has 3 nitrogen and oxygen atoms in total. The molecule has 0 radical (unpaired) electrons. The van der Waals surface area contributed by atoms with Crippen LogP contribution in [0.2, 0.25) is 0 Å². The molecule has 0 N–H and O–H groups in total. The van der Waals surface area contributed by atoms with Gasteiger partial charge in [-0.3, -0.25) is 0 Å². The third kappa shape index (κ3) is 3.53. The second-order valence-electron chi connectivity index (χ2n) is 7.29. The van der Waals surface area contributed by atoms with Gasteiger partial charge in [0.15, 0.2) is 0 Å². The lowest BCUT2D eigenvalue weighted by Crippen LogP contribution is -2.19. The van der Waals surface area contributed by atoms with Gasteiger partial charge in [-0.1, -0.05) is 42.5 Å². The van der Waals surface area contributed by atoms with Crippen molar-refractivity contribution in [1.82, 2.24) is 3.97 Å². The molecule has 2 aliphatic rings. The van der Waals surface area contributed by atoms with E-state index in [4.69, 9.17) is 0 Å². The minimum absolute atomic E-state index is 0.0154. The molecule has 0 atom stereocenters. The van der Waals surface area contributed by atoms with E-state index >= 15 is 0 Å². The van der Waals surface area contributed by atoms with Crippen molar-refractivity contribution in [3.05, 3.63) is 102 Å². The van der Waals surface area contributed by atoms with Crippen LogP contribution in [0.1, 0.15) is 20.6 Å². The second-order valence-corrected chi connectivity index (χ2v) is 14.3. The van der Waals surface area contributed by atoms with Crippen LogP contribution in [-0.2, 0) is 10.0 Å².